The molecule has 19 heavy (non-hydrogen) atoms. The lowest BCUT2D eigenvalue weighted by atomic mass is 9.78. The molecule has 1 unspecified atom stereocenters. The zero-order valence-electron chi connectivity index (χ0n) is 11.0. The molecule has 0 aliphatic heterocycles. The lowest BCUT2D eigenvalue weighted by molar-refractivity contribution is -0.0264. The highest BCUT2D eigenvalue weighted by atomic mass is 79.9. The normalized spacial score (nSPS) is 24.0. The van der Waals surface area contributed by atoms with Gasteiger partial charge in [0.2, 0.25) is 0 Å². The quantitative estimate of drug-likeness (QED) is 0.698. The van der Waals surface area contributed by atoms with E-state index in [2.05, 4.69) is 15.9 Å². The maximum Gasteiger partial charge on any atom is 0.129 e. The fraction of sp³-hybridized carbons (Fsp3) is 0.600. The summed E-state index contributed by atoms with van der Waals surface area (Å²) in [5.41, 5.74) is 0.185. The second-order valence-electron chi connectivity index (χ2n) is 5.15. The highest BCUT2D eigenvalue weighted by Crippen LogP contribution is 2.36. The van der Waals surface area contributed by atoms with Gasteiger partial charge in [0.15, 0.2) is 0 Å². The van der Waals surface area contributed by atoms with E-state index in [1.54, 1.807) is 0 Å². The first-order valence-corrected chi connectivity index (χ1v) is 7.70. The molecule has 0 heterocycles. The van der Waals surface area contributed by atoms with E-state index in [0.29, 0.717) is 18.4 Å². The number of alkyl halides is 1. The van der Waals surface area contributed by atoms with Gasteiger partial charge in [-0.3, -0.25) is 0 Å². The van der Waals surface area contributed by atoms with Crippen LogP contribution < -0.4 is 0 Å². The molecule has 1 aromatic rings. The lowest BCUT2D eigenvalue weighted by Gasteiger charge is -2.36. The average molecular weight is 333 g/mol. The van der Waals surface area contributed by atoms with Gasteiger partial charge in [0.25, 0.3) is 0 Å². The van der Waals surface area contributed by atoms with Crippen molar-refractivity contribution >= 4 is 15.9 Å². The Labute approximate surface area is 121 Å². The van der Waals surface area contributed by atoms with E-state index in [4.69, 9.17) is 4.74 Å². The van der Waals surface area contributed by atoms with E-state index >= 15 is 0 Å². The van der Waals surface area contributed by atoms with Gasteiger partial charge >= 0.3 is 0 Å². The molecule has 106 valence electrons. The Kier molecular flexibility index (Phi) is 5.34. The van der Waals surface area contributed by atoms with Crippen molar-refractivity contribution < 1.29 is 13.5 Å². The van der Waals surface area contributed by atoms with E-state index < -0.39 is 11.6 Å². The number of benzene rings is 1. The standard InChI is InChI=1S/C15H19BrF2O/c1-2-19-12-7-10(8-12)6-11(16)9-13-14(17)4-3-5-15(13)18/h3-5,10-12H,2,6-9H2,1H3. The molecule has 0 bridgehead atoms. The molecule has 0 amide bonds. The summed E-state index contributed by atoms with van der Waals surface area (Å²) in [6.45, 7) is 2.76. The van der Waals surface area contributed by atoms with Crippen LogP contribution in [0.3, 0.4) is 0 Å². The van der Waals surface area contributed by atoms with Crippen molar-refractivity contribution in [1.29, 1.82) is 0 Å². The van der Waals surface area contributed by atoms with Gasteiger partial charge in [0, 0.05) is 17.0 Å². The summed E-state index contributed by atoms with van der Waals surface area (Å²) >= 11 is 3.54. The van der Waals surface area contributed by atoms with Crippen LogP contribution in [0.25, 0.3) is 0 Å². The topological polar surface area (TPSA) is 9.23 Å². The van der Waals surface area contributed by atoms with Crippen LogP contribution in [0.15, 0.2) is 18.2 Å². The van der Waals surface area contributed by atoms with Gasteiger partial charge in [0.1, 0.15) is 11.6 Å². The Bertz CT molecular complexity index is 398. The van der Waals surface area contributed by atoms with E-state index in [0.717, 1.165) is 25.9 Å². The van der Waals surface area contributed by atoms with Crippen molar-refractivity contribution in [3.63, 3.8) is 0 Å². The largest absolute Gasteiger partial charge is 0.378 e. The molecule has 0 radical (unpaired) electrons. The lowest BCUT2D eigenvalue weighted by Crippen LogP contribution is -2.33. The van der Waals surface area contributed by atoms with Crippen LogP contribution in [0.1, 0.15) is 31.7 Å². The number of hydrogen-bond acceptors (Lipinski definition) is 1. The smallest absolute Gasteiger partial charge is 0.129 e. The maximum atomic E-state index is 13.5. The molecule has 2 rings (SSSR count). The van der Waals surface area contributed by atoms with Gasteiger partial charge in [-0.05, 0) is 50.7 Å². The molecule has 0 aromatic heterocycles. The highest BCUT2D eigenvalue weighted by Gasteiger charge is 2.31. The second kappa shape index (κ2) is 6.80. The molecular formula is C15H19BrF2O. The summed E-state index contributed by atoms with van der Waals surface area (Å²) in [7, 11) is 0. The third-order valence-corrected chi connectivity index (χ3v) is 4.37. The third-order valence-electron chi connectivity index (χ3n) is 3.67. The fourth-order valence-corrected chi connectivity index (χ4v) is 3.49. The predicted octanol–water partition coefficient (Wildman–Crippen LogP) is 4.48. The van der Waals surface area contributed by atoms with E-state index in [-0.39, 0.29) is 10.4 Å². The Balaban J connectivity index is 1.81. The molecular weight excluding hydrogens is 314 g/mol. The Morgan fingerprint density at radius 2 is 1.95 bits per heavy atom. The van der Waals surface area contributed by atoms with Crippen molar-refractivity contribution in [3.05, 3.63) is 35.4 Å². The first-order chi connectivity index (χ1) is 9.10. The van der Waals surface area contributed by atoms with Gasteiger partial charge < -0.3 is 4.74 Å². The molecule has 1 atom stereocenters. The van der Waals surface area contributed by atoms with E-state index in [9.17, 15) is 8.78 Å². The minimum absolute atomic E-state index is 0.117. The van der Waals surface area contributed by atoms with Crippen molar-refractivity contribution in [2.75, 3.05) is 6.61 Å². The third kappa shape index (κ3) is 3.99. The highest BCUT2D eigenvalue weighted by molar-refractivity contribution is 9.09. The van der Waals surface area contributed by atoms with Crippen LogP contribution in [-0.4, -0.2) is 17.5 Å². The Morgan fingerprint density at radius 1 is 1.32 bits per heavy atom. The number of halogens is 3. The molecule has 0 N–H and O–H groups in total. The average Bonchev–Trinajstić information content (AvgIpc) is 2.31. The molecule has 1 saturated carbocycles. The monoisotopic (exact) mass is 332 g/mol. The molecule has 1 aromatic carbocycles. The first kappa shape index (κ1) is 14.9. The summed E-state index contributed by atoms with van der Waals surface area (Å²) < 4.78 is 32.6. The Morgan fingerprint density at radius 3 is 2.53 bits per heavy atom. The van der Waals surface area contributed by atoms with Crippen LogP contribution in [0.4, 0.5) is 8.78 Å². The molecule has 1 aliphatic rings. The van der Waals surface area contributed by atoms with Gasteiger partial charge in [-0.1, -0.05) is 22.0 Å². The molecule has 4 heteroatoms. The zero-order chi connectivity index (χ0) is 13.8. The van der Waals surface area contributed by atoms with Crippen molar-refractivity contribution in [3.8, 4) is 0 Å². The van der Waals surface area contributed by atoms with E-state index in [1.165, 1.54) is 18.2 Å². The number of ether oxygens (including phenoxy) is 1. The summed E-state index contributed by atoms with van der Waals surface area (Å²) in [6, 6.07) is 4.02. The summed E-state index contributed by atoms with van der Waals surface area (Å²) in [5, 5.41) is 0. The van der Waals surface area contributed by atoms with Crippen molar-refractivity contribution in [2.24, 2.45) is 5.92 Å². The van der Waals surface area contributed by atoms with Crippen LogP contribution in [0.5, 0.6) is 0 Å². The second-order valence-corrected chi connectivity index (χ2v) is 6.45. The predicted molar refractivity (Wildman–Crippen MR) is 75.5 cm³/mol. The van der Waals surface area contributed by atoms with Crippen LogP contribution in [0.2, 0.25) is 0 Å². The first-order valence-electron chi connectivity index (χ1n) is 6.78. The Hall–Kier alpha value is -0.480. The van der Waals surface area contributed by atoms with Gasteiger partial charge in [-0.2, -0.15) is 0 Å². The molecule has 0 saturated heterocycles. The summed E-state index contributed by atoms with van der Waals surface area (Å²) in [6.07, 6.45) is 3.86. The summed E-state index contributed by atoms with van der Waals surface area (Å²) in [5.74, 6) is -0.300. The van der Waals surface area contributed by atoms with E-state index in [1.807, 2.05) is 6.92 Å². The summed E-state index contributed by atoms with van der Waals surface area (Å²) in [4.78, 5) is 0.117. The molecule has 1 aliphatic carbocycles. The number of rotatable bonds is 6. The maximum absolute atomic E-state index is 13.5. The minimum Gasteiger partial charge on any atom is -0.378 e. The van der Waals surface area contributed by atoms with Gasteiger partial charge in [0.05, 0.1) is 6.10 Å². The van der Waals surface area contributed by atoms with Gasteiger partial charge in [-0.15, -0.1) is 0 Å². The van der Waals surface area contributed by atoms with Crippen molar-refractivity contribution in [1.82, 2.24) is 0 Å². The molecule has 1 fully saturated rings. The minimum atomic E-state index is -0.453. The SMILES string of the molecule is CCOC1CC(CC(Br)Cc2c(F)cccc2F)C1. The van der Waals surface area contributed by atoms with Crippen LogP contribution in [-0.2, 0) is 11.2 Å². The number of hydrogen-bond donors (Lipinski definition) is 0. The van der Waals surface area contributed by atoms with Crippen LogP contribution in [0, 0.1) is 17.6 Å². The van der Waals surface area contributed by atoms with Gasteiger partial charge in [-0.25, -0.2) is 8.78 Å². The fourth-order valence-electron chi connectivity index (χ4n) is 2.63. The molecule has 1 nitrogen and oxygen atoms in total. The van der Waals surface area contributed by atoms with Crippen molar-refractivity contribution in [2.45, 2.75) is 43.5 Å². The van der Waals surface area contributed by atoms with Crippen LogP contribution >= 0.6 is 15.9 Å². The molecule has 0 spiro atoms. The zero-order valence-corrected chi connectivity index (χ0v) is 12.6.